The Morgan fingerprint density at radius 2 is 1.44 bits per heavy atom. The van der Waals surface area contributed by atoms with Crippen LogP contribution in [0.15, 0.2) is 48.5 Å². The number of hydrogen-bond acceptors (Lipinski definition) is 8. The van der Waals surface area contributed by atoms with Crippen molar-refractivity contribution in [1.29, 1.82) is 0 Å². The first-order valence-corrected chi connectivity index (χ1v) is 11.3. The second kappa shape index (κ2) is 10.7. The largest absolute Gasteiger partial charge is 0.455 e. The third-order valence-corrected chi connectivity index (χ3v) is 5.77. The molecule has 2 aromatic rings. The number of esters is 2. The Morgan fingerprint density at radius 1 is 0.853 bits per heavy atom. The van der Waals surface area contributed by atoms with Crippen LogP contribution in [0.3, 0.4) is 0 Å². The van der Waals surface area contributed by atoms with Gasteiger partial charge in [-0.05, 0) is 19.4 Å². The van der Waals surface area contributed by atoms with E-state index in [2.05, 4.69) is 0 Å². The highest BCUT2D eigenvalue weighted by Crippen LogP contribution is 2.37. The summed E-state index contributed by atoms with van der Waals surface area (Å²) in [6.07, 6.45) is -4.89. The number of aryl methyl sites for hydroxylation is 2. The van der Waals surface area contributed by atoms with Crippen molar-refractivity contribution in [2.24, 2.45) is 0 Å². The van der Waals surface area contributed by atoms with Gasteiger partial charge < -0.3 is 28.4 Å². The van der Waals surface area contributed by atoms with Crippen LogP contribution in [-0.2, 0) is 44.6 Å². The molecule has 0 saturated carbocycles. The molecule has 8 heteroatoms. The summed E-state index contributed by atoms with van der Waals surface area (Å²) in [6.45, 7) is 7.00. The first kappa shape index (κ1) is 24.3. The summed E-state index contributed by atoms with van der Waals surface area (Å²) in [6, 6.07) is 15.6. The SMILES string of the molecule is CC(=O)O[C@@H]1[C@@H](OC(C)=O)[C@H](OCc2ccc(C)cc2)O[C@@H]2CO[C@@H](c3ccc(C)cc3)O[C@@H]12. The van der Waals surface area contributed by atoms with Crippen molar-refractivity contribution in [3.05, 3.63) is 70.8 Å². The van der Waals surface area contributed by atoms with Gasteiger partial charge in [0.15, 0.2) is 24.8 Å². The number of hydrogen-bond donors (Lipinski definition) is 0. The Balaban J connectivity index is 1.56. The van der Waals surface area contributed by atoms with Crippen molar-refractivity contribution >= 4 is 11.9 Å². The predicted octanol–water partition coefficient (Wildman–Crippen LogP) is 3.52. The molecule has 2 aliphatic heterocycles. The molecular formula is C26H30O8. The van der Waals surface area contributed by atoms with E-state index >= 15 is 0 Å². The summed E-state index contributed by atoms with van der Waals surface area (Å²) >= 11 is 0. The summed E-state index contributed by atoms with van der Waals surface area (Å²) < 4.78 is 35.4. The molecule has 6 atom stereocenters. The summed E-state index contributed by atoms with van der Waals surface area (Å²) in [5.74, 6) is -1.07. The smallest absolute Gasteiger partial charge is 0.303 e. The summed E-state index contributed by atoms with van der Waals surface area (Å²) in [5, 5.41) is 0. The lowest BCUT2D eigenvalue weighted by Crippen LogP contribution is -2.64. The van der Waals surface area contributed by atoms with Crippen LogP contribution in [0.25, 0.3) is 0 Å². The lowest BCUT2D eigenvalue weighted by Gasteiger charge is -2.48. The molecule has 2 heterocycles. The van der Waals surface area contributed by atoms with Gasteiger partial charge in [0.1, 0.15) is 12.2 Å². The van der Waals surface area contributed by atoms with Gasteiger partial charge in [0.25, 0.3) is 0 Å². The van der Waals surface area contributed by atoms with E-state index in [9.17, 15) is 9.59 Å². The molecule has 0 aromatic heterocycles. The second-order valence-electron chi connectivity index (χ2n) is 8.66. The highest BCUT2D eigenvalue weighted by atomic mass is 16.8. The Labute approximate surface area is 199 Å². The van der Waals surface area contributed by atoms with Crippen LogP contribution in [0, 0.1) is 13.8 Å². The number of rotatable bonds is 6. The number of carbonyl (C=O) groups excluding carboxylic acids is 2. The number of carbonyl (C=O) groups is 2. The normalized spacial score (nSPS) is 28.6. The minimum Gasteiger partial charge on any atom is -0.455 e. The van der Waals surface area contributed by atoms with E-state index in [0.717, 1.165) is 22.3 Å². The first-order chi connectivity index (χ1) is 16.3. The molecule has 2 aromatic carbocycles. The lowest BCUT2D eigenvalue weighted by atomic mass is 9.97. The molecule has 34 heavy (non-hydrogen) atoms. The summed E-state index contributed by atoms with van der Waals surface area (Å²) in [5.41, 5.74) is 4.00. The maximum Gasteiger partial charge on any atom is 0.303 e. The van der Waals surface area contributed by atoms with Gasteiger partial charge in [0.2, 0.25) is 0 Å². The quantitative estimate of drug-likeness (QED) is 0.593. The van der Waals surface area contributed by atoms with Crippen LogP contribution >= 0.6 is 0 Å². The van der Waals surface area contributed by atoms with Gasteiger partial charge in [0, 0.05) is 19.4 Å². The van der Waals surface area contributed by atoms with Crippen LogP contribution in [0.4, 0.5) is 0 Å². The van der Waals surface area contributed by atoms with Gasteiger partial charge in [-0.3, -0.25) is 9.59 Å². The van der Waals surface area contributed by atoms with E-state index in [1.165, 1.54) is 13.8 Å². The Kier molecular flexibility index (Phi) is 7.63. The zero-order valence-corrected chi connectivity index (χ0v) is 19.8. The van der Waals surface area contributed by atoms with E-state index in [-0.39, 0.29) is 13.2 Å². The van der Waals surface area contributed by atoms with Crippen molar-refractivity contribution in [1.82, 2.24) is 0 Å². The maximum absolute atomic E-state index is 12.0. The summed E-state index contributed by atoms with van der Waals surface area (Å²) in [4.78, 5) is 23.9. The third-order valence-electron chi connectivity index (χ3n) is 5.77. The van der Waals surface area contributed by atoms with E-state index in [1.807, 2.05) is 62.4 Å². The molecule has 8 nitrogen and oxygen atoms in total. The highest BCUT2D eigenvalue weighted by molar-refractivity contribution is 5.67. The molecule has 182 valence electrons. The maximum atomic E-state index is 12.0. The fraction of sp³-hybridized carbons (Fsp3) is 0.462. The highest BCUT2D eigenvalue weighted by Gasteiger charge is 2.53. The van der Waals surface area contributed by atoms with Crippen molar-refractivity contribution in [3.8, 4) is 0 Å². The molecule has 0 unspecified atom stereocenters. The minimum atomic E-state index is -1.01. The molecule has 0 spiro atoms. The topological polar surface area (TPSA) is 89.5 Å². The Hall–Kier alpha value is -2.78. The molecule has 2 fully saturated rings. The van der Waals surface area contributed by atoms with Gasteiger partial charge in [-0.1, -0.05) is 59.7 Å². The fourth-order valence-electron chi connectivity index (χ4n) is 4.08. The van der Waals surface area contributed by atoms with Gasteiger partial charge >= 0.3 is 11.9 Å². The second-order valence-corrected chi connectivity index (χ2v) is 8.66. The molecule has 0 aliphatic carbocycles. The molecular weight excluding hydrogens is 440 g/mol. The van der Waals surface area contributed by atoms with Crippen LogP contribution in [0.2, 0.25) is 0 Å². The molecule has 0 N–H and O–H groups in total. The molecule has 4 rings (SSSR count). The van der Waals surface area contributed by atoms with Gasteiger partial charge in [-0.15, -0.1) is 0 Å². The number of fused-ring (bicyclic) bond motifs is 1. The molecule has 0 bridgehead atoms. The van der Waals surface area contributed by atoms with E-state index < -0.39 is 48.9 Å². The third kappa shape index (κ3) is 5.82. The summed E-state index contributed by atoms with van der Waals surface area (Å²) in [7, 11) is 0. The minimum absolute atomic E-state index is 0.193. The van der Waals surface area contributed by atoms with Crippen molar-refractivity contribution in [2.75, 3.05) is 6.61 Å². The Morgan fingerprint density at radius 3 is 2.06 bits per heavy atom. The zero-order valence-electron chi connectivity index (χ0n) is 19.8. The van der Waals surface area contributed by atoms with Crippen LogP contribution in [0.5, 0.6) is 0 Å². The lowest BCUT2D eigenvalue weighted by molar-refractivity contribution is -0.363. The first-order valence-electron chi connectivity index (χ1n) is 11.3. The predicted molar refractivity (Wildman–Crippen MR) is 120 cm³/mol. The van der Waals surface area contributed by atoms with E-state index in [4.69, 9.17) is 28.4 Å². The van der Waals surface area contributed by atoms with E-state index in [1.54, 1.807) is 0 Å². The molecule has 0 radical (unpaired) electrons. The molecule has 2 aliphatic rings. The van der Waals surface area contributed by atoms with Crippen molar-refractivity contribution < 1.29 is 38.0 Å². The number of benzene rings is 2. The average Bonchev–Trinajstić information content (AvgIpc) is 2.80. The zero-order chi connectivity index (χ0) is 24.2. The average molecular weight is 471 g/mol. The van der Waals surface area contributed by atoms with Gasteiger partial charge in [0.05, 0.1) is 13.2 Å². The van der Waals surface area contributed by atoms with E-state index in [0.29, 0.717) is 0 Å². The van der Waals surface area contributed by atoms with Gasteiger partial charge in [-0.25, -0.2) is 0 Å². The standard InChI is InChI=1S/C26H30O8/c1-15-5-9-19(10-6-15)13-29-26-24(32-18(4)28)23(31-17(3)27)22-21(33-26)14-30-25(34-22)20-11-7-16(2)8-12-20/h5-12,21-26H,13-14H2,1-4H3/t21-,22-,23+,24-,25-,26-/m1/s1. The van der Waals surface area contributed by atoms with Crippen LogP contribution < -0.4 is 0 Å². The van der Waals surface area contributed by atoms with Gasteiger partial charge in [-0.2, -0.15) is 0 Å². The van der Waals surface area contributed by atoms with Crippen molar-refractivity contribution in [3.63, 3.8) is 0 Å². The molecule has 0 amide bonds. The van der Waals surface area contributed by atoms with Crippen LogP contribution in [-0.4, -0.2) is 49.3 Å². The monoisotopic (exact) mass is 470 g/mol. The number of ether oxygens (including phenoxy) is 6. The van der Waals surface area contributed by atoms with Crippen molar-refractivity contribution in [2.45, 2.75) is 71.3 Å². The van der Waals surface area contributed by atoms with Crippen LogP contribution in [0.1, 0.15) is 42.4 Å². The fourth-order valence-corrected chi connectivity index (χ4v) is 4.08. The Bertz CT molecular complexity index is 987. The molecule has 2 saturated heterocycles.